The maximum atomic E-state index is 5.93. The van der Waals surface area contributed by atoms with Crippen LogP contribution in [0.5, 0.6) is 0 Å². The van der Waals surface area contributed by atoms with E-state index in [-0.39, 0.29) is 5.41 Å². The SMILES string of the molecule is CCCCCCCC(C)(CCCC)c1nc(C)c(I)o1. The molecule has 20 heavy (non-hydrogen) atoms. The number of hydrogen-bond donors (Lipinski definition) is 0. The highest BCUT2D eigenvalue weighted by atomic mass is 127. The lowest BCUT2D eigenvalue weighted by Crippen LogP contribution is -2.22. The molecule has 0 saturated carbocycles. The molecule has 0 bridgehead atoms. The summed E-state index contributed by atoms with van der Waals surface area (Å²) in [6, 6.07) is 0. The van der Waals surface area contributed by atoms with E-state index < -0.39 is 0 Å². The zero-order valence-corrected chi connectivity index (χ0v) is 15.8. The van der Waals surface area contributed by atoms with Crippen molar-refractivity contribution in [2.75, 3.05) is 0 Å². The predicted octanol–water partition coefficient (Wildman–Crippen LogP) is 6.40. The van der Waals surface area contributed by atoms with Gasteiger partial charge < -0.3 is 4.42 Å². The van der Waals surface area contributed by atoms with Gasteiger partial charge >= 0.3 is 0 Å². The molecule has 1 aromatic heterocycles. The zero-order chi connectivity index (χ0) is 15.0. The highest BCUT2D eigenvalue weighted by molar-refractivity contribution is 14.1. The number of aromatic nitrogens is 1. The van der Waals surface area contributed by atoms with Crippen molar-refractivity contribution in [3.63, 3.8) is 0 Å². The summed E-state index contributed by atoms with van der Waals surface area (Å²) in [5.74, 6) is 0.961. The van der Waals surface area contributed by atoms with Gasteiger partial charge in [-0.05, 0) is 19.8 Å². The summed E-state index contributed by atoms with van der Waals surface area (Å²) in [5, 5.41) is 0. The average molecular weight is 391 g/mol. The Morgan fingerprint density at radius 3 is 2.15 bits per heavy atom. The highest BCUT2D eigenvalue weighted by Gasteiger charge is 2.31. The summed E-state index contributed by atoms with van der Waals surface area (Å²) in [5.41, 5.74) is 1.16. The monoisotopic (exact) mass is 391 g/mol. The Labute approximate surface area is 138 Å². The molecule has 0 N–H and O–H groups in total. The second kappa shape index (κ2) is 9.06. The third kappa shape index (κ3) is 5.38. The number of unbranched alkanes of at least 4 members (excludes halogenated alkanes) is 5. The molecule has 1 heterocycles. The van der Waals surface area contributed by atoms with Crippen LogP contribution in [0.3, 0.4) is 0 Å². The fraction of sp³-hybridized carbons (Fsp3) is 0.824. The van der Waals surface area contributed by atoms with Crippen LogP contribution in [-0.2, 0) is 5.41 Å². The van der Waals surface area contributed by atoms with Gasteiger partial charge in [0.2, 0.25) is 5.89 Å². The Bertz CT molecular complexity index is 369. The van der Waals surface area contributed by atoms with E-state index in [1.807, 2.05) is 6.92 Å². The molecule has 116 valence electrons. The van der Waals surface area contributed by atoms with E-state index >= 15 is 0 Å². The average Bonchev–Trinajstić information content (AvgIpc) is 2.77. The van der Waals surface area contributed by atoms with Crippen LogP contribution in [0.15, 0.2) is 4.42 Å². The zero-order valence-electron chi connectivity index (χ0n) is 13.6. The van der Waals surface area contributed by atoms with Crippen molar-refractivity contribution in [1.29, 1.82) is 0 Å². The van der Waals surface area contributed by atoms with E-state index in [0.717, 1.165) is 15.4 Å². The molecule has 1 aromatic rings. The summed E-state index contributed by atoms with van der Waals surface area (Å²) in [6.07, 6.45) is 11.5. The molecule has 2 nitrogen and oxygen atoms in total. The van der Waals surface area contributed by atoms with Gasteiger partial charge in [-0.3, -0.25) is 0 Å². The minimum atomic E-state index is 0.121. The Kier molecular flexibility index (Phi) is 8.15. The van der Waals surface area contributed by atoms with Gasteiger partial charge in [-0.25, -0.2) is 4.98 Å². The summed E-state index contributed by atoms with van der Waals surface area (Å²) >= 11 is 2.25. The van der Waals surface area contributed by atoms with Crippen LogP contribution in [0.2, 0.25) is 0 Å². The molecule has 0 amide bonds. The van der Waals surface area contributed by atoms with E-state index in [0.29, 0.717) is 0 Å². The molecule has 0 aliphatic heterocycles. The molecule has 0 spiro atoms. The van der Waals surface area contributed by atoms with Crippen LogP contribution in [0.25, 0.3) is 0 Å². The molecular formula is C17H30INO. The van der Waals surface area contributed by atoms with Gasteiger partial charge in [-0.15, -0.1) is 0 Å². The van der Waals surface area contributed by atoms with Crippen LogP contribution in [-0.4, -0.2) is 4.98 Å². The van der Waals surface area contributed by atoms with E-state index in [4.69, 9.17) is 4.42 Å². The second-order valence-corrected chi connectivity index (χ2v) is 7.19. The highest BCUT2D eigenvalue weighted by Crippen LogP contribution is 2.35. The van der Waals surface area contributed by atoms with Crippen LogP contribution >= 0.6 is 22.6 Å². The fourth-order valence-electron chi connectivity index (χ4n) is 2.66. The van der Waals surface area contributed by atoms with E-state index in [9.17, 15) is 0 Å². The maximum Gasteiger partial charge on any atom is 0.201 e. The minimum absolute atomic E-state index is 0.121. The topological polar surface area (TPSA) is 26.0 Å². The first-order valence-electron chi connectivity index (χ1n) is 8.17. The van der Waals surface area contributed by atoms with Crippen molar-refractivity contribution < 1.29 is 4.42 Å². The summed E-state index contributed by atoms with van der Waals surface area (Å²) < 4.78 is 6.88. The summed E-state index contributed by atoms with van der Waals surface area (Å²) in [7, 11) is 0. The molecule has 3 heteroatoms. The standard InChI is InChI=1S/C17H30INO/c1-5-7-9-10-11-13-17(4,12-8-6-2)16-19-14(3)15(18)20-16/h5-13H2,1-4H3. The Morgan fingerprint density at radius 2 is 1.60 bits per heavy atom. The Balaban J connectivity index is 2.65. The molecule has 0 aliphatic rings. The number of aryl methyl sites for hydroxylation is 1. The minimum Gasteiger partial charge on any atom is -0.434 e. The number of hydrogen-bond acceptors (Lipinski definition) is 2. The van der Waals surface area contributed by atoms with Gasteiger partial charge in [0.15, 0.2) is 3.77 Å². The van der Waals surface area contributed by atoms with Gasteiger partial charge in [0.05, 0.1) is 5.69 Å². The third-order valence-corrected chi connectivity index (χ3v) is 5.17. The summed E-state index contributed by atoms with van der Waals surface area (Å²) in [4.78, 5) is 4.68. The molecule has 1 atom stereocenters. The van der Waals surface area contributed by atoms with Crippen molar-refractivity contribution in [3.05, 3.63) is 15.4 Å². The molecule has 0 saturated heterocycles. The number of halogens is 1. The van der Waals surface area contributed by atoms with E-state index in [1.54, 1.807) is 0 Å². The molecule has 1 unspecified atom stereocenters. The first-order chi connectivity index (χ1) is 9.53. The number of rotatable bonds is 10. The first-order valence-corrected chi connectivity index (χ1v) is 9.24. The molecule has 0 radical (unpaired) electrons. The van der Waals surface area contributed by atoms with Crippen molar-refractivity contribution in [1.82, 2.24) is 4.98 Å². The smallest absolute Gasteiger partial charge is 0.201 e. The van der Waals surface area contributed by atoms with Gasteiger partial charge in [-0.2, -0.15) is 0 Å². The van der Waals surface area contributed by atoms with Crippen molar-refractivity contribution in [2.45, 2.75) is 90.9 Å². The largest absolute Gasteiger partial charge is 0.434 e. The van der Waals surface area contributed by atoms with Crippen molar-refractivity contribution >= 4 is 22.6 Å². The molecular weight excluding hydrogens is 361 g/mol. The van der Waals surface area contributed by atoms with E-state index in [1.165, 1.54) is 57.8 Å². The molecule has 0 fully saturated rings. The lowest BCUT2D eigenvalue weighted by molar-refractivity contribution is 0.284. The number of oxazole rings is 1. The quantitative estimate of drug-likeness (QED) is 0.341. The maximum absolute atomic E-state index is 5.93. The molecule has 0 aliphatic carbocycles. The number of nitrogens with zero attached hydrogens (tertiary/aromatic N) is 1. The van der Waals surface area contributed by atoms with Gasteiger partial charge in [0, 0.05) is 28.0 Å². The lowest BCUT2D eigenvalue weighted by Gasteiger charge is -2.26. The van der Waals surface area contributed by atoms with Crippen LogP contribution in [0, 0.1) is 10.7 Å². The fourth-order valence-corrected chi connectivity index (χ4v) is 2.99. The molecule has 0 aromatic carbocycles. The first kappa shape index (κ1) is 18.0. The third-order valence-electron chi connectivity index (χ3n) is 4.17. The second-order valence-electron chi connectivity index (χ2n) is 6.21. The van der Waals surface area contributed by atoms with Gasteiger partial charge in [0.1, 0.15) is 0 Å². The normalized spacial score (nSPS) is 14.4. The van der Waals surface area contributed by atoms with Crippen LogP contribution in [0.4, 0.5) is 0 Å². The Morgan fingerprint density at radius 1 is 1.00 bits per heavy atom. The van der Waals surface area contributed by atoms with E-state index in [2.05, 4.69) is 48.3 Å². The summed E-state index contributed by atoms with van der Waals surface area (Å²) in [6.45, 7) is 8.90. The van der Waals surface area contributed by atoms with Crippen molar-refractivity contribution in [3.8, 4) is 0 Å². The lowest BCUT2D eigenvalue weighted by atomic mass is 9.79. The van der Waals surface area contributed by atoms with Crippen LogP contribution < -0.4 is 0 Å². The molecule has 1 rings (SSSR count). The van der Waals surface area contributed by atoms with Crippen LogP contribution in [0.1, 0.15) is 90.1 Å². The predicted molar refractivity (Wildman–Crippen MR) is 94.2 cm³/mol. The Hall–Kier alpha value is -0.0600. The van der Waals surface area contributed by atoms with Crippen molar-refractivity contribution in [2.24, 2.45) is 0 Å². The van der Waals surface area contributed by atoms with Gasteiger partial charge in [0.25, 0.3) is 0 Å². The van der Waals surface area contributed by atoms with Gasteiger partial charge in [-0.1, -0.05) is 65.7 Å².